The molecule has 1 atom stereocenters. The standard InChI is InChI=1S/C24H32N5O7P/c1-3-35-37(34,36-4-2)13-5-6-18(23(32)33)27-21(30)16-10-7-15(8-11-16)9-12-17-14-26-20-19(17)22(31)29-24(25)28-20/h7-8,10-11,14,18H,3-6,9,12-13H2,1-2H3,(H,27,30)(H,32,33)(H4,25,26,28,29,31)/t18-/m0/s1. The van der Waals surface area contributed by atoms with E-state index in [1.807, 2.05) is 0 Å². The van der Waals surface area contributed by atoms with Crippen LogP contribution in [0.15, 0.2) is 35.3 Å². The number of nitrogens with one attached hydrogen (secondary N) is 3. The summed E-state index contributed by atoms with van der Waals surface area (Å²) in [5.74, 6) is -1.66. The molecule has 37 heavy (non-hydrogen) atoms. The summed E-state index contributed by atoms with van der Waals surface area (Å²) in [5.41, 5.74) is 7.74. The van der Waals surface area contributed by atoms with Crippen LogP contribution in [0.25, 0.3) is 11.0 Å². The lowest BCUT2D eigenvalue weighted by Gasteiger charge is -2.19. The molecule has 2 aromatic heterocycles. The lowest BCUT2D eigenvalue weighted by atomic mass is 10.0. The molecule has 0 spiro atoms. The van der Waals surface area contributed by atoms with E-state index in [1.165, 1.54) is 0 Å². The normalized spacial score (nSPS) is 12.5. The van der Waals surface area contributed by atoms with E-state index in [9.17, 15) is 24.1 Å². The largest absolute Gasteiger partial charge is 0.480 e. The van der Waals surface area contributed by atoms with Crippen molar-refractivity contribution in [3.05, 3.63) is 57.5 Å². The number of H-pyrrole nitrogens is 2. The molecular weight excluding hydrogens is 501 g/mol. The molecule has 0 radical (unpaired) electrons. The van der Waals surface area contributed by atoms with Crippen molar-refractivity contribution in [2.75, 3.05) is 25.1 Å². The van der Waals surface area contributed by atoms with E-state index < -0.39 is 25.5 Å². The number of aliphatic carboxylic acids is 1. The summed E-state index contributed by atoms with van der Waals surface area (Å²) in [5, 5.41) is 12.5. The first-order valence-corrected chi connectivity index (χ1v) is 13.7. The van der Waals surface area contributed by atoms with Crippen molar-refractivity contribution in [3.8, 4) is 0 Å². The van der Waals surface area contributed by atoms with Gasteiger partial charge in [-0.3, -0.25) is 19.1 Å². The van der Waals surface area contributed by atoms with Gasteiger partial charge in [-0.1, -0.05) is 12.1 Å². The van der Waals surface area contributed by atoms with Crippen molar-refractivity contribution in [3.63, 3.8) is 0 Å². The molecule has 200 valence electrons. The van der Waals surface area contributed by atoms with Gasteiger partial charge in [0.05, 0.1) is 24.8 Å². The van der Waals surface area contributed by atoms with Crippen LogP contribution in [0.5, 0.6) is 0 Å². The first-order valence-electron chi connectivity index (χ1n) is 12.0. The van der Waals surface area contributed by atoms with E-state index in [0.717, 1.165) is 11.1 Å². The first-order chi connectivity index (χ1) is 17.7. The van der Waals surface area contributed by atoms with Crippen LogP contribution in [0.2, 0.25) is 0 Å². The number of carbonyl (C=O) groups excluding carboxylic acids is 1. The summed E-state index contributed by atoms with van der Waals surface area (Å²) in [6, 6.07) is 5.64. The summed E-state index contributed by atoms with van der Waals surface area (Å²) >= 11 is 0. The van der Waals surface area contributed by atoms with Gasteiger partial charge in [-0.2, -0.15) is 4.98 Å². The number of anilines is 1. The fourth-order valence-electron chi connectivity index (χ4n) is 3.97. The SMILES string of the molecule is CCOP(=O)(CCC[C@H](NC(=O)c1ccc(CCc2c[nH]c3nc(N)[nH]c(=O)c23)cc1)C(=O)O)OCC. The maximum absolute atomic E-state index is 12.7. The van der Waals surface area contributed by atoms with Crippen molar-refractivity contribution in [1.29, 1.82) is 0 Å². The highest BCUT2D eigenvalue weighted by Gasteiger charge is 2.26. The Morgan fingerprint density at radius 3 is 2.46 bits per heavy atom. The topological polar surface area (TPSA) is 189 Å². The van der Waals surface area contributed by atoms with Crippen molar-refractivity contribution in [1.82, 2.24) is 20.3 Å². The zero-order chi connectivity index (χ0) is 27.0. The molecule has 0 saturated heterocycles. The Hall–Kier alpha value is -3.47. The Morgan fingerprint density at radius 1 is 1.16 bits per heavy atom. The number of rotatable bonds is 14. The number of carboxylic acid groups (broad SMARTS) is 1. The predicted molar refractivity (Wildman–Crippen MR) is 139 cm³/mol. The second kappa shape index (κ2) is 12.7. The number of aryl methyl sites for hydroxylation is 2. The summed E-state index contributed by atoms with van der Waals surface area (Å²) in [6.07, 6.45) is 3.28. The third kappa shape index (κ3) is 7.51. The molecule has 0 aliphatic heterocycles. The highest BCUT2D eigenvalue weighted by molar-refractivity contribution is 7.53. The number of nitrogens with zero attached hydrogens (tertiary/aromatic N) is 1. The first kappa shape index (κ1) is 28.1. The molecule has 6 N–H and O–H groups in total. The van der Waals surface area contributed by atoms with Gasteiger partial charge >= 0.3 is 13.6 Å². The van der Waals surface area contributed by atoms with Gasteiger partial charge in [0.15, 0.2) is 0 Å². The highest BCUT2D eigenvalue weighted by atomic mass is 31.2. The minimum atomic E-state index is -3.28. The number of carboxylic acids is 1. The van der Waals surface area contributed by atoms with Gasteiger partial charge in [-0.25, -0.2) is 4.79 Å². The second-order valence-electron chi connectivity index (χ2n) is 8.36. The number of aromatic nitrogens is 3. The maximum atomic E-state index is 12.7. The van der Waals surface area contributed by atoms with Crippen molar-refractivity contribution in [2.45, 2.75) is 45.6 Å². The van der Waals surface area contributed by atoms with Crippen LogP contribution in [-0.4, -0.2) is 57.4 Å². The van der Waals surface area contributed by atoms with Crippen LogP contribution in [0.1, 0.15) is 48.2 Å². The van der Waals surface area contributed by atoms with Crippen molar-refractivity contribution >= 4 is 36.5 Å². The monoisotopic (exact) mass is 533 g/mol. The Balaban J connectivity index is 1.57. The average molecular weight is 534 g/mol. The number of fused-ring (bicyclic) bond motifs is 1. The Labute approximate surface area is 213 Å². The van der Waals surface area contributed by atoms with E-state index in [-0.39, 0.29) is 43.7 Å². The quantitative estimate of drug-likeness (QED) is 0.194. The fourth-order valence-corrected chi connectivity index (χ4v) is 5.66. The Bertz CT molecular complexity index is 1330. The number of amides is 1. The lowest BCUT2D eigenvalue weighted by molar-refractivity contribution is -0.139. The zero-order valence-corrected chi connectivity index (χ0v) is 21.7. The molecule has 13 heteroatoms. The van der Waals surface area contributed by atoms with Crippen LogP contribution in [0.3, 0.4) is 0 Å². The van der Waals surface area contributed by atoms with E-state index >= 15 is 0 Å². The van der Waals surface area contributed by atoms with Crippen LogP contribution in [-0.2, 0) is 31.2 Å². The minimum absolute atomic E-state index is 0.0425. The molecule has 0 aliphatic rings. The maximum Gasteiger partial charge on any atom is 0.330 e. The number of hydrogen-bond acceptors (Lipinski definition) is 8. The summed E-state index contributed by atoms with van der Waals surface area (Å²) in [6.45, 7) is 3.85. The summed E-state index contributed by atoms with van der Waals surface area (Å²) in [4.78, 5) is 46.1. The molecular formula is C24H32N5O7P. The van der Waals surface area contributed by atoms with Crippen LogP contribution in [0.4, 0.5) is 5.95 Å². The molecule has 0 fully saturated rings. The molecule has 1 amide bonds. The third-order valence-corrected chi connectivity index (χ3v) is 7.89. The number of benzene rings is 1. The van der Waals surface area contributed by atoms with Gasteiger partial charge in [0.25, 0.3) is 11.5 Å². The molecule has 0 saturated carbocycles. The Morgan fingerprint density at radius 2 is 1.84 bits per heavy atom. The fraction of sp³-hybridized carbons (Fsp3) is 0.417. The molecule has 12 nitrogen and oxygen atoms in total. The second-order valence-corrected chi connectivity index (χ2v) is 10.5. The molecule has 2 heterocycles. The minimum Gasteiger partial charge on any atom is -0.480 e. The van der Waals surface area contributed by atoms with Gasteiger partial charge in [-0.05, 0) is 62.8 Å². The third-order valence-electron chi connectivity index (χ3n) is 5.72. The molecule has 0 unspecified atom stereocenters. The van der Waals surface area contributed by atoms with E-state index in [0.29, 0.717) is 29.4 Å². The summed E-state index contributed by atoms with van der Waals surface area (Å²) in [7, 11) is -3.28. The van der Waals surface area contributed by atoms with Crippen molar-refractivity contribution in [2.24, 2.45) is 0 Å². The number of aromatic amines is 2. The number of carbonyl (C=O) groups is 2. The smallest absolute Gasteiger partial charge is 0.330 e. The van der Waals surface area contributed by atoms with Crippen LogP contribution >= 0.6 is 7.60 Å². The van der Waals surface area contributed by atoms with E-state index in [1.54, 1.807) is 44.3 Å². The van der Waals surface area contributed by atoms with Gasteiger partial charge in [0.2, 0.25) is 5.95 Å². The van der Waals surface area contributed by atoms with Gasteiger partial charge in [0.1, 0.15) is 11.7 Å². The predicted octanol–water partition coefficient (Wildman–Crippen LogP) is 2.85. The summed E-state index contributed by atoms with van der Waals surface area (Å²) < 4.78 is 23.0. The zero-order valence-electron chi connectivity index (χ0n) is 20.8. The molecule has 0 bridgehead atoms. The molecule has 3 rings (SSSR count). The van der Waals surface area contributed by atoms with E-state index in [2.05, 4.69) is 20.3 Å². The van der Waals surface area contributed by atoms with E-state index in [4.69, 9.17) is 14.8 Å². The van der Waals surface area contributed by atoms with Gasteiger partial charge in [-0.15, -0.1) is 0 Å². The lowest BCUT2D eigenvalue weighted by Crippen LogP contribution is -2.40. The van der Waals surface area contributed by atoms with Crippen molar-refractivity contribution < 1.29 is 28.3 Å². The highest BCUT2D eigenvalue weighted by Crippen LogP contribution is 2.48. The molecule has 0 aliphatic carbocycles. The molecule has 3 aromatic rings. The van der Waals surface area contributed by atoms with Crippen LogP contribution < -0.4 is 16.6 Å². The number of hydrogen-bond donors (Lipinski definition) is 5. The number of nitrogens with two attached hydrogens (primary N) is 1. The number of nitrogen functional groups attached to an aromatic ring is 1. The van der Waals surface area contributed by atoms with Crippen LogP contribution in [0, 0.1) is 0 Å². The van der Waals surface area contributed by atoms with Gasteiger partial charge < -0.3 is 30.2 Å². The molecule has 1 aromatic carbocycles. The average Bonchev–Trinajstić information content (AvgIpc) is 3.25. The van der Waals surface area contributed by atoms with Gasteiger partial charge in [0, 0.05) is 11.8 Å². The Kier molecular flexibility index (Phi) is 9.62.